The highest BCUT2D eigenvalue weighted by molar-refractivity contribution is 9.10. The lowest BCUT2D eigenvalue weighted by molar-refractivity contribution is 0.102. The highest BCUT2D eigenvalue weighted by Crippen LogP contribution is 2.30. The summed E-state index contributed by atoms with van der Waals surface area (Å²) < 4.78 is 3.37. The molecule has 0 bridgehead atoms. The van der Waals surface area contributed by atoms with Gasteiger partial charge in [0.15, 0.2) is 5.13 Å². The molecular formula is C21H18BrN3O3S. The van der Waals surface area contributed by atoms with Gasteiger partial charge in [0.05, 0.1) is 15.7 Å². The number of amides is 1. The SMILES string of the molecule is CCCCn1c(=O)c(C(=O)Nc2nc3ccc(Br)cc3s2)c(O)c2ccccc21. The molecule has 4 aromatic rings. The van der Waals surface area contributed by atoms with Gasteiger partial charge in [0.1, 0.15) is 11.3 Å². The van der Waals surface area contributed by atoms with Crippen molar-refractivity contribution in [1.29, 1.82) is 0 Å². The van der Waals surface area contributed by atoms with E-state index in [4.69, 9.17) is 0 Å². The van der Waals surface area contributed by atoms with Crippen molar-refractivity contribution in [2.24, 2.45) is 0 Å². The van der Waals surface area contributed by atoms with Crippen LogP contribution in [0.5, 0.6) is 5.75 Å². The van der Waals surface area contributed by atoms with Gasteiger partial charge in [0.2, 0.25) is 0 Å². The number of anilines is 1. The number of aromatic nitrogens is 2. The summed E-state index contributed by atoms with van der Waals surface area (Å²) in [6.07, 6.45) is 1.70. The number of hydrogen-bond donors (Lipinski definition) is 2. The molecule has 2 aromatic heterocycles. The molecule has 4 rings (SSSR count). The third kappa shape index (κ3) is 3.65. The summed E-state index contributed by atoms with van der Waals surface area (Å²) in [5, 5.41) is 14.2. The van der Waals surface area contributed by atoms with Crippen molar-refractivity contribution in [2.45, 2.75) is 26.3 Å². The summed E-state index contributed by atoms with van der Waals surface area (Å²) in [6.45, 7) is 2.51. The van der Waals surface area contributed by atoms with Gasteiger partial charge >= 0.3 is 0 Å². The van der Waals surface area contributed by atoms with E-state index in [-0.39, 0.29) is 11.3 Å². The Kier molecular flexibility index (Phi) is 5.38. The zero-order chi connectivity index (χ0) is 20.5. The molecule has 29 heavy (non-hydrogen) atoms. The molecule has 0 radical (unpaired) electrons. The topological polar surface area (TPSA) is 84.2 Å². The lowest BCUT2D eigenvalue weighted by Gasteiger charge is -2.14. The fraction of sp³-hybridized carbons (Fsp3) is 0.190. The number of halogens is 1. The summed E-state index contributed by atoms with van der Waals surface area (Å²) in [6, 6.07) is 12.7. The molecule has 0 aliphatic rings. The monoisotopic (exact) mass is 471 g/mol. The minimum atomic E-state index is -0.665. The van der Waals surface area contributed by atoms with E-state index in [0.717, 1.165) is 27.5 Å². The molecule has 1 amide bonds. The van der Waals surface area contributed by atoms with Crippen molar-refractivity contribution < 1.29 is 9.90 Å². The first-order valence-electron chi connectivity index (χ1n) is 9.21. The van der Waals surface area contributed by atoms with Crippen molar-refractivity contribution >= 4 is 59.4 Å². The zero-order valence-corrected chi connectivity index (χ0v) is 18.0. The van der Waals surface area contributed by atoms with E-state index in [0.29, 0.717) is 22.6 Å². The summed E-state index contributed by atoms with van der Waals surface area (Å²) >= 11 is 4.72. The van der Waals surface area contributed by atoms with Gasteiger partial charge in [0, 0.05) is 16.4 Å². The van der Waals surface area contributed by atoms with Crippen molar-refractivity contribution in [2.75, 3.05) is 5.32 Å². The lowest BCUT2D eigenvalue weighted by Crippen LogP contribution is -2.30. The molecule has 6 nitrogen and oxygen atoms in total. The predicted octanol–water partition coefficient (Wildman–Crippen LogP) is 5.13. The van der Waals surface area contributed by atoms with Crippen LogP contribution < -0.4 is 10.9 Å². The van der Waals surface area contributed by atoms with Crippen LogP contribution in [0.2, 0.25) is 0 Å². The van der Waals surface area contributed by atoms with Crippen LogP contribution in [0.3, 0.4) is 0 Å². The Balaban J connectivity index is 1.79. The van der Waals surface area contributed by atoms with Crippen molar-refractivity contribution in [3.05, 3.63) is 62.9 Å². The van der Waals surface area contributed by atoms with Crippen molar-refractivity contribution in [1.82, 2.24) is 9.55 Å². The minimum Gasteiger partial charge on any atom is -0.506 e. The Bertz CT molecular complexity index is 1300. The standard InChI is InChI=1S/C21H18BrN3O3S/c1-2-3-10-25-15-7-5-4-6-13(15)18(26)17(20(25)28)19(27)24-21-23-14-9-8-12(22)11-16(14)29-21/h4-9,11,26H,2-3,10H2,1H3,(H,23,24,27). The van der Waals surface area contributed by atoms with Crippen LogP contribution in [0.25, 0.3) is 21.1 Å². The smallest absolute Gasteiger partial charge is 0.267 e. The molecular weight excluding hydrogens is 454 g/mol. The summed E-state index contributed by atoms with van der Waals surface area (Å²) in [7, 11) is 0. The molecule has 0 atom stereocenters. The van der Waals surface area contributed by atoms with Gasteiger partial charge in [-0.15, -0.1) is 0 Å². The lowest BCUT2D eigenvalue weighted by atomic mass is 10.1. The summed E-state index contributed by atoms with van der Waals surface area (Å²) in [5.41, 5.74) is 0.595. The van der Waals surface area contributed by atoms with Crippen molar-refractivity contribution in [3.63, 3.8) is 0 Å². The molecule has 0 spiro atoms. The maximum Gasteiger partial charge on any atom is 0.267 e. The van der Waals surface area contributed by atoms with E-state index in [1.165, 1.54) is 11.3 Å². The highest BCUT2D eigenvalue weighted by Gasteiger charge is 2.23. The maximum atomic E-state index is 13.1. The molecule has 148 valence electrons. The molecule has 8 heteroatoms. The van der Waals surface area contributed by atoms with Gasteiger partial charge in [-0.2, -0.15) is 0 Å². The molecule has 2 heterocycles. The Morgan fingerprint density at radius 2 is 2.07 bits per heavy atom. The zero-order valence-electron chi connectivity index (χ0n) is 15.6. The third-order valence-corrected chi connectivity index (χ3v) is 6.11. The Morgan fingerprint density at radius 1 is 1.28 bits per heavy atom. The average molecular weight is 472 g/mol. The number of nitrogens with zero attached hydrogens (tertiary/aromatic N) is 2. The van der Waals surface area contributed by atoms with Gasteiger partial charge in [0.25, 0.3) is 11.5 Å². The molecule has 0 unspecified atom stereocenters. The van der Waals surface area contributed by atoms with Gasteiger partial charge in [-0.1, -0.05) is 52.7 Å². The molecule has 2 aromatic carbocycles. The second kappa shape index (κ2) is 7.96. The van der Waals surface area contributed by atoms with E-state index in [2.05, 4.69) is 26.2 Å². The molecule has 0 fully saturated rings. The normalized spacial score (nSPS) is 11.2. The number of benzene rings is 2. The summed E-state index contributed by atoms with van der Waals surface area (Å²) in [4.78, 5) is 30.4. The van der Waals surface area contributed by atoms with Crippen LogP contribution in [0.1, 0.15) is 30.1 Å². The first-order chi connectivity index (χ1) is 14.0. The maximum absolute atomic E-state index is 13.1. The number of nitrogens with one attached hydrogen (secondary N) is 1. The van der Waals surface area contributed by atoms with Crippen LogP contribution in [-0.4, -0.2) is 20.6 Å². The first kappa shape index (κ1) is 19.6. The number of carbonyl (C=O) groups excluding carboxylic acids is 1. The van der Waals surface area contributed by atoms with E-state index < -0.39 is 11.5 Å². The molecule has 0 saturated heterocycles. The van der Waals surface area contributed by atoms with Gasteiger partial charge in [-0.3, -0.25) is 14.9 Å². The second-order valence-corrected chi connectivity index (χ2v) is 8.58. The minimum absolute atomic E-state index is 0.264. The summed E-state index contributed by atoms with van der Waals surface area (Å²) in [5.74, 6) is -0.971. The quantitative estimate of drug-likeness (QED) is 0.422. The van der Waals surface area contributed by atoms with Crippen LogP contribution in [-0.2, 0) is 6.54 Å². The van der Waals surface area contributed by atoms with E-state index >= 15 is 0 Å². The van der Waals surface area contributed by atoms with Crippen LogP contribution in [0, 0.1) is 0 Å². The van der Waals surface area contributed by atoms with Gasteiger partial charge in [-0.25, -0.2) is 4.98 Å². The van der Waals surface area contributed by atoms with E-state index in [9.17, 15) is 14.7 Å². The molecule has 2 N–H and O–H groups in total. The Morgan fingerprint density at radius 3 is 2.86 bits per heavy atom. The van der Waals surface area contributed by atoms with Gasteiger partial charge < -0.3 is 9.67 Å². The predicted molar refractivity (Wildman–Crippen MR) is 120 cm³/mol. The van der Waals surface area contributed by atoms with E-state index in [1.54, 1.807) is 22.8 Å². The largest absolute Gasteiger partial charge is 0.506 e. The van der Waals surface area contributed by atoms with E-state index in [1.807, 2.05) is 31.2 Å². The average Bonchev–Trinajstić information content (AvgIpc) is 3.09. The number of hydrogen-bond acceptors (Lipinski definition) is 5. The van der Waals surface area contributed by atoms with Crippen LogP contribution in [0.15, 0.2) is 51.7 Å². The Labute approximate surface area is 179 Å². The molecule has 0 aliphatic carbocycles. The highest BCUT2D eigenvalue weighted by atomic mass is 79.9. The fourth-order valence-corrected chi connectivity index (χ4v) is 4.66. The number of aromatic hydroxyl groups is 1. The van der Waals surface area contributed by atoms with Gasteiger partial charge in [-0.05, 0) is 36.8 Å². The van der Waals surface area contributed by atoms with Crippen LogP contribution >= 0.6 is 27.3 Å². The van der Waals surface area contributed by atoms with Crippen molar-refractivity contribution in [3.8, 4) is 5.75 Å². The number of pyridine rings is 1. The number of thiazole rings is 1. The number of fused-ring (bicyclic) bond motifs is 2. The van der Waals surface area contributed by atoms with Crippen LogP contribution in [0.4, 0.5) is 5.13 Å². The molecule has 0 aliphatic heterocycles. The number of rotatable bonds is 5. The number of carbonyl (C=O) groups is 1. The Hall–Kier alpha value is -2.71. The first-order valence-corrected chi connectivity index (χ1v) is 10.8. The number of unbranched alkanes of at least 4 members (excludes halogenated alkanes) is 1. The second-order valence-electron chi connectivity index (χ2n) is 6.64. The number of aryl methyl sites for hydroxylation is 1. The number of para-hydroxylation sites is 1. The fourth-order valence-electron chi connectivity index (χ4n) is 3.24. The third-order valence-electron chi connectivity index (χ3n) is 4.68. The molecule has 0 saturated carbocycles.